The number of hydrogen-bond acceptors (Lipinski definition) is 4. The number of nitrogens with zero attached hydrogens (tertiary/aromatic N) is 4. The van der Waals surface area contributed by atoms with Crippen molar-refractivity contribution in [3.63, 3.8) is 0 Å². The van der Waals surface area contributed by atoms with Crippen LogP contribution in [0.4, 0.5) is 0 Å². The Labute approximate surface area is 54.1 Å². The SMILES string of the molecule is O=[N+]([O-])/N=C/C=N/[N+](=O)[O-]. The van der Waals surface area contributed by atoms with Crippen molar-refractivity contribution in [2.24, 2.45) is 10.2 Å². The third-order valence-electron chi connectivity index (χ3n) is 0.389. The first-order chi connectivity index (χ1) is 4.63. The molecule has 0 saturated carbocycles. The normalized spacial score (nSPS) is 10.8. The van der Waals surface area contributed by atoms with Gasteiger partial charge in [-0.2, -0.15) is 0 Å². The van der Waals surface area contributed by atoms with Crippen LogP contribution >= 0.6 is 0 Å². The van der Waals surface area contributed by atoms with Crippen molar-refractivity contribution in [2.45, 2.75) is 0 Å². The Morgan fingerprint density at radius 1 is 1.00 bits per heavy atom. The minimum absolute atomic E-state index is 0.614. The molecule has 0 saturated heterocycles. The van der Waals surface area contributed by atoms with Gasteiger partial charge in [0.2, 0.25) is 0 Å². The molecule has 0 aromatic heterocycles. The fraction of sp³-hybridized carbons (Fsp3) is 0. The van der Waals surface area contributed by atoms with Crippen molar-refractivity contribution in [2.75, 3.05) is 0 Å². The number of hydrogen-bond donors (Lipinski definition) is 0. The van der Waals surface area contributed by atoms with E-state index in [4.69, 9.17) is 0 Å². The molecule has 0 radical (unpaired) electrons. The van der Waals surface area contributed by atoms with Gasteiger partial charge in [0.15, 0.2) is 10.1 Å². The zero-order chi connectivity index (χ0) is 7.98. The molecule has 54 valence electrons. The maximum absolute atomic E-state index is 9.42. The lowest BCUT2D eigenvalue weighted by atomic mass is 10.8. The van der Waals surface area contributed by atoms with Crippen molar-refractivity contribution in [3.8, 4) is 0 Å². The highest BCUT2D eigenvalue weighted by molar-refractivity contribution is 6.15. The zero-order valence-corrected chi connectivity index (χ0v) is 4.58. The van der Waals surface area contributed by atoms with Crippen LogP contribution in [-0.2, 0) is 0 Å². The molecule has 0 N–H and O–H groups in total. The molecule has 0 unspecified atom stereocenters. The Hall–Kier alpha value is -1.86. The largest absolute Gasteiger partial charge is 0.233 e. The third-order valence-corrected chi connectivity index (χ3v) is 0.389. The summed E-state index contributed by atoms with van der Waals surface area (Å²) in [6, 6.07) is 0. The zero-order valence-electron chi connectivity index (χ0n) is 4.58. The molecule has 0 bridgehead atoms. The van der Waals surface area contributed by atoms with Gasteiger partial charge < -0.3 is 0 Å². The molecule has 10 heavy (non-hydrogen) atoms. The summed E-state index contributed by atoms with van der Waals surface area (Å²) in [5, 5.41) is 21.9. The van der Waals surface area contributed by atoms with Crippen molar-refractivity contribution < 1.29 is 10.1 Å². The first kappa shape index (κ1) is 8.14. The van der Waals surface area contributed by atoms with Gasteiger partial charge in [-0.05, 0) is 0 Å². The van der Waals surface area contributed by atoms with Crippen molar-refractivity contribution in [1.29, 1.82) is 0 Å². The van der Waals surface area contributed by atoms with Gasteiger partial charge in [0.1, 0.15) is 12.4 Å². The molecule has 0 aliphatic carbocycles. The highest BCUT2D eigenvalue weighted by atomic mass is 16.7. The summed E-state index contributed by atoms with van der Waals surface area (Å²) in [4.78, 5) is 18.8. The maximum Gasteiger partial charge on any atom is 0.190 e. The van der Waals surface area contributed by atoms with E-state index in [0.29, 0.717) is 12.4 Å². The topological polar surface area (TPSA) is 111 Å². The molecule has 0 amide bonds. The summed E-state index contributed by atoms with van der Waals surface area (Å²) in [6.07, 6.45) is 1.23. The number of hydrazone groups is 2. The molecule has 0 heterocycles. The molecule has 0 aliphatic heterocycles. The van der Waals surface area contributed by atoms with Crippen LogP contribution in [0.3, 0.4) is 0 Å². The van der Waals surface area contributed by atoms with E-state index in [2.05, 4.69) is 10.2 Å². The van der Waals surface area contributed by atoms with E-state index >= 15 is 0 Å². The van der Waals surface area contributed by atoms with E-state index in [-0.39, 0.29) is 0 Å². The smallest absolute Gasteiger partial charge is 0.190 e. The molecular formula is C2H2N4O4. The van der Waals surface area contributed by atoms with E-state index in [1.807, 2.05) is 0 Å². The summed E-state index contributed by atoms with van der Waals surface area (Å²) in [5.74, 6) is 0. The highest BCUT2D eigenvalue weighted by Crippen LogP contribution is 1.66. The van der Waals surface area contributed by atoms with Gasteiger partial charge in [-0.1, -0.05) is 0 Å². The van der Waals surface area contributed by atoms with Gasteiger partial charge >= 0.3 is 0 Å². The van der Waals surface area contributed by atoms with Crippen LogP contribution in [0.2, 0.25) is 0 Å². The molecule has 0 aliphatic rings. The van der Waals surface area contributed by atoms with Crippen LogP contribution in [0, 0.1) is 20.2 Å². The number of rotatable bonds is 3. The quantitative estimate of drug-likeness (QED) is 0.303. The summed E-state index contributed by atoms with van der Waals surface area (Å²) in [6.45, 7) is 0. The van der Waals surface area contributed by atoms with Gasteiger partial charge in [0, 0.05) is 0 Å². The summed E-state index contributed by atoms with van der Waals surface area (Å²) < 4.78 is 0. The molecule has 0 aromatic carbocycles. The monoisotopic (exact) mass is 146 g/mol. The van der Waals surface area contributed by atoms with E-state index in [1.54, 1.807) is 0 Å². The Balaban J connectivity index is 3.73. The van der Waals surface area contributed by atoms with Crippen molar-refractivity contribution >= 4 is 12.4 Å². The molecule has 0 rings (SSSR count). The lowest BCUT2D eigenvalue weighted by Crippen LogP contribution is -1.90. The first-order valence-electron chi connectivity index (χ1n) is 1.98. The van der Waals surface area contributed by atoms with E-state index < -0.39 is 10.1 Å². The van der Waals surface area contributed by atoms with Crippen molar-refractivity contribution in [3.05, 3.63) is 20.2 Å². The average molecular weight is 146 g/mol. The Morgan fingerprint density at radius 2 is 1.30 bits per heavy atom. The Bertz CT molecular complexity index is 173. The van der Waals surface area contributed by atoms with Crippen LogP contribution in [-0.4, -0.2) is 22.5 Å². The Kier molecular flexibility index (Phi) is 3.31. The lowest BCUT2D eigenvalue weighted by Gasteiger charge is -1.70. The predicted octanol–water partition coefficient (Wildman–Crippen LogP) is -0.489. The second-order valence-electron chi connectivity index (χ2n) is 1.00. The van der Waals surface area contributed by atoms with Crippen LogP contribution < -0.4 is 0 Å². The second kappa shape index (κ2) is 4.06. The molecule has 0 atom stereocenters. The minimum Gasteiger partial charge on any atom is -0.233 e. The fourth-order valence-corrected chi connectivity index (χ4v) is 0.168. The van der Waals surface area contributed by atoms with Gasteiger partial charge in [0.25, 0.3) is 0 Å². The molecule has 0 aromatic rings. The minimum atomic E-state index is -0.994. The first-order valence-corrected chi connectivity index (χ1v) is 1.98. The summed E-state index contributed by atoms with van der Waals surface area (Å²) in [5.41, 5.74) is 0. The van der Waals surface area contributed by atoms with Crippen LogP contribution in [0.5, 0.6) is 0 Å². The van der Waals surface area contributed by atoms with E-state index in [1.165, 1.54) is 0 Å². The van der Waals surface area contributed by atoms with Gasteiger partial charge in [-0.25, -0.2) is 20.2 Å². The van der Waals surface area contributed by atoms with Crippen LogP contribution in [0.25, 0.3) is 0 Å². The molecule has 0 fully saturated rings. The van der Waals surface area contributed by atoms with Crippen LogP contribution in [0.1, 0.15) is 0 Å². The molecule has 0 spiro atoms. The maximum atomic E-state index is 9.42. The van der Waals surface area contributed by atoms with Gasteiger partial charge in [0.05, 0.1) is 10.2 Å². The molecule has 8 heteroatoms. The summed E-state index contributed by atoms with van der Waals surface area (Å²) in [7, 11) is 0. The Morgan fingerprint density at radius 3 is 1.50 bits per heavy atom. The third kappa shape index (κ3) is 6.14. The average Bonchev–Trinajstić information content (AvgIpc) is 1.79. The second-order valence-corrected chi connectivity index (χ2v) is 1.00. The van der Waals surface area contributed by atoms with E-state index in [0.717, 1.165) is 0 Å². The number of nitro groups is 2. The van der Waals surface area contributed by atoms with Crippen molar-refractivity contribution in [1.82, 2.24) is 0 Å². The molecular weight excluding hydrogens is 144 g/mol. The van der Waals surface area contributed by atoms with Gasteiger partial charge in [-0.15, -0.1) is 0 Å². The highest BCUT2D eigenvalue weighted by Gasteiger charge is 1.84. The summed E-state index contributed by atoms with van der Waals surface area (Å²) >= 11 is 0. The lowest BCUT2D eigenvalue weighted by molar-refractivity contribution is -0.485. The standard InChI is InChI=1S/C2H2N4O4/c7-5(8)3-1-2-4-6(9)10/h1-2H/b3-1+,4-2+. The fourth-order valence-electron chi connectivity index (χ4n) is 0.168. The van der Waals surface area contributed by atoms with Crippen LogP contribution in [0.15, 0.2) is 10.2 Å². The predicted molar refractivity (Wildman–Crippen MR) is 31.0 cm³/mol. The van der Waals surface area contributed by atoms with E-state index in [9.17, 15) is 20.2 Å². The van der Waals surface area contributed by atoms with Gasteiger partial charge in [-0.3, -0.25) is 0 Å². The molecule has 8 nitrogen and oxygen atoms in total.